The molecular formula is C19H28FN3O. The summed E-state index contributed by atoms with van der Waals surface area (Å²) in [7, 11) is 0. The van der Waals surface area contributed by atoms with Gasteiger partial charge in [0.25, 0.3) is 0 Å². The van der Waals surface area contributed by atoms with E-state index in [1.165, 1.54) is 18.6 Å². The zero-order valence-electron chi connectivity index (χ0n) is 14.3. The van der Waals surface area contributed by atoms with Gasteiger partial charge in [-0.3, -0.25) is 9.69 Å². The molecule has 1 amide bonds. The van der Waals surface area contributed by atoms with Gasteiger partial charge in [0, 0.05) is 32.7 Å². The van der Waals surface area contributed by atoms with Crippen LogP contribution in [0.5, 0.6) is 0 Å². The van der Waals surface area contributed by atoms with Gasteiger partial charge in [0.2, 0.25) is 5.91 Å². The van der Waals surface area contributed by atoms with Gasteiger partial charge in [-0.1, -0.05) is 31.4 Å². The van der Waals surface area contributed by atoms with Crippen LogP contribution in [-0.4, -0.2) is 47.4 Å². The number of amides is 1. The van der Waals surface area contributed by atoms with E-state index < -0.39 is 5.54 Å². The van der Waals surface area contributed by atoms with Crippen molar-refractivity contribution < 1.29 is 9.18 Å². The first kappa shape index (κ1) is 17.4. The Balaban J connectivity index is 1.56. The molecule has 1 aromatic carbocycles. The summed E-state index contributed by atoms with van der Waals surface area (Å²) in [4.78, 5) is 17.2. The van der Waals surface area contributed by atoms with Crippen LogP contribution in [0, 0.1) is 5.82 Å². The molecule has 5 heteroatoms. The molecule has 1 aliphatic heterocycles. The van der Waals surface area contributed by atoms with Crippen molar-refractivity contribution in [3.63, 3.8) is 0 Å². The first-order chi connectivity index (χ1) is 11.6. The Morgan fingerprint density at radius 1 is 1.00 bits per heavy atom. The number of benzene rings is 1. The first-order valence-corrected chi connectivity index (χ1v) is 9.12. The number of nitrogens with two attached hydrogens (primary N) is 1. The van der Waals surface area contributed by atoms with Crippen molar-refractivity contribution in [1.82, 2.24) is 9.80 Å². The van der Waals surface area contributed by atoms with E-state index in [4.69, 9.17) is 5.73 Å². The molecule has 4 nitrogen and oxygen atoms in total. The number of carbonyl (C=O) groups excluding carboxylic acids is 1. The highest BCUT2D eigenvalue weighted by Gasteiger charge is 2.38. The molecule has 1 aliphatic carbocycles. The molecular weight excluding hydrogens is 305 g/mol. The van der Waals surface area contributed by atoms with E-state index in [0.717, 1.165) is 70.4 Å². The van der Waals surface area contributed by atoms with Crippen molar-refractivity contribution in [2.45, 2.75) is 50.6 Å². The maximum absolute atomic E-state index is 13.0. The third-order valence-electron chi connectivity index (χ3n) is 5.37. The Morgan fingerprint density at radius 3 is 2.42 bits per heavy atom. The van der Waals surface area contributed by atoms with Crippen LogP contribution in [0.1, 0.15) is 44.1 Å². The third kappa shape index (κ3) is 4.14. The molecule has 1 saturated heterocycles. The molecule has 2 N–H and O–H groups in total. The zero-order chi connectivity index (χ0) is 17.0. The Bertz CT molecular complexity index is 554. The topological polar surface area (TPSA) is 49.6 Å². The van der Waals surface area contributed by atoms with Gasteiger partial charge in [0.05, 0.1) is 5.54 Å². The van der Waals surface area contributed by atoms with Crippen LogP contribution in [0.3, 0.4) is 0 Å². The Hall–Kier alpha value is -1.46. The number of halogens is 1. The molecule has 2 fully saturated rings. The smallest absolute Gasteiger partial charge is 0.242 e. The third-order valence-corrected chi connectivity index (χ3v) is 5.37. The second kappa shape index (κ2) is 7.62. The van der Waals surface area contributed by atoms with Crippen molar-refractivity contribution in [1.29, 1.82) is 0 Å². The summed E-state index contributed by atoms with van der Waals surface area (Å²) in [5.74, 6) is -0.0575. The summed E-state index contributed by atoms with van der Waals surface area (Å²) in [6.07, 6.45) is 5.92. The van der Waals surface area contributed by atoms with Gasteiger partial charge < -0.3 is 10.6 Å². The average Bonchev–Trinajstić information content (AvgIpc) is 2.82. The monoisotopic (exact) mass is 333 g/mol. The molecule has 132 valence electrons. The number of nitrogens with zero attached hydrogens (tertiary/aromatic N) is 2. The lowest BCUT2D eigenvalue weighted by molar-refractivity contribution is -0.138. The van der Waals surface area contributed by atoms with E-state index in [1.807, 2.05) is 17.0 Å². The molecule has 2 aliphatic rings. The van der Waals surface area contributed by atoms with Crippen LogP contribution in [0.2, 0.25) is 0 Å². The molecule has 0 atom stereocenters. The summed E-state index contributed by atoms with van der Waals surface area (Å²) in [5, 5.41) is 0. The number of carbonyl (C=O) groups is 1. The van der Waals surface area contributed by atoms with Crippen LogP contribution in [0.15, 0.2) is 24.3 Å². The fourth-order valence-electron chi connectivity index (χ4n) is 3.89. The summed E-state index contributed by atoms with van der Waals surface area (Å²) < 4.78 is 13.0. The van der Waals surface area contributed by atoms with Crippen LogP contribution < -0.4 is 5.73 Å². The van der Waals surface area contributed by atoms with Gasteiger partial charge in [-0.25, -0.2) is 4.39 Å². The molecule has 1 saturated carbocycles. The fraction of sp³-hybridized carbons (Fsp3) is 0.632. The lowest BCUT2D eigenvalue weighted by Crippen LogP contribution is -2.56. The number of hydrogen-bond acceptors (Lipinski definition) is 3. The van der Waals surface area contributed by atoms with Gasteiger partial charge in [0.15, 0.2) is 0 Å². The molecule has 0 spiro atoms. The lowest BCUT2D eigenvalue weighted by Gasteiger charge is -2.36. The van der Waals surface area contributed by atoms with Crippen molar-refractivity contribution in [2.24, 2.45) is 5.73 Å². The van der Waals surface area contributed by atoms with E-state index in [1.54, 1.807) is 0 Å². The van der Waals surface area contributed by atoms with Crippen LogP contribution in [-0.2, 0) is 11.3 Å². The average molecular weight is 333 g/mol. The van der Waals surface area contributed by atoms with Gasteiger partial charge in [-0.15, -0.1) is 0 Å². The molecule has 0 unspecified atom stereocenters. The van der Waals surface area contributed by atoms with E-state index in [9.17, 15) is 9.18 Å². The van der Waals surface area contributed by atoms with Crippen molar-refractivity contribution >= 4 is 5.91 Å². The standard InChI is InChI=1S/C19H28FN3O/c20-17-7-5-16(6-8-17)15-22-11-4-12-23(14-13-22)18(24)19(21)9-2-1-3-10-19/h5-8H,1-4,9-15,21H2. The van der Waals surface area contributed by atoms with Crippen molar-refractivity contribution in [3.05, 3.63) is 35.6 Å². The van der Waals surface area contributed by atoms with Gasteiger partial charge in [-0.05, 0) is 37.0 Å². The normalized spacial score (nSPS) is 22.2. The van der Waals surface area contributed by atoms with Crippen LogP contribution in [0.25, 0.3) is 0 Å². The van der Waals surface area contributed by atoms with Crippen LogP contribution in [0.4, 0.5) is 4.39 Å². The van der Waals surface area contributed by atoms with E-state index >= 15 is 0 Å². The minimum atomic E-state index is -0.635. The predicted octanol–water partition coefficient (Wildman–Crippen LogP) is 2.52. The maximum atomic E-state index is 13.0. The highest BCUT2D eigenvalue weighted by molar-refractivity contribution is 5.86. The Labute approximate surface area is 143 Å². The number of hydrogen-bond donors (Lipinski definition) is 1. The quantitative estimate of drug-likeness (QED) is 0.925. The molecule has 3 rings (SSSR count). The van der Waals surface area contributed by atoms with Gasteiger partial charge in [-0.2, -0.15) is 0 Å². The highest BCUT2D eigenvalue weighted by atomic mass is 19.1. The molecule has 1 aromatic rings. The van der Waals surface area contributed by atoms with E-state index in [0.29, 0.717) is 0 Å². The first-order valence-electron chi connectivity index (χ1n) is 9.12. The molecule has 0 radical (unpaired) electrons. The summed E-state index contributed by atoms with van der Waals surface area (Å²) >= 11 is 0. The summed E-state index contributed by atoms with van der Waals surface area (Å²) in [5.41, 5.74) is 6.89. The SMILES string of the molecule is NC1(C(=O)N2CCCN(Cc3ccc(F)cc3)CC2)CCCCC1. The second-order valence-corrected chi connectivity index (χ2v) is 7.27. The number of rotatable bonds is 3. The molecule has 0 aromatic heterocycles. The van der Waals surface area contributed by atoms with E-state index in [-0.39, 0.29) is 11.7 Å². The summed E-state index contributed by atoms with van der Waals surface area (Å²) in [6.45, 7) is 4.13. The zero-order valence-corrected chi connectivity index (χ0v) is 14.3. The van der Waals surface area contributed by atoms with E-state index in [2.05, 4.69) is 4.90 Å². The molecule has 1 heterocycles. The van der Waals surface area contributed by atoms with Crippen LogP contribution >= 0.6 is 0 Å². The Morgan fingerprint density at radius 2 is 1.71 bits per heavy atom. The fourth-order valence-corrected chi connectivity index (χ4v) is 3.89. The minimum absolute atomic E-state index is 0.144. The molecule has 24 heavy (non-hydrogen) atoms. The highest BCUT2D eigenvalue weighted by Crippen LogP contribution is 2.28. The van der Waals surface area contributed by atoms with Crippen molar-refractivity contribution in [2.75, 3.05) is 26.2 Å². The molecule has 0 bridgehead atoms. The minimum Gasteiger partial charge on any atom is -0.340 e. The summed E-state index contributed by atoms with van der Waals surface area (Å²) in [6, 6.07) is 6.68. The van der Waals surface area contributed by atoms with Gasteiger partial charge >= 0.3 is 0 Å². The van der Waals surface area contributed by atoms with Gasteiger partial charge in [0.1, 0.15) is 5.82 Å². The lowest BCUT2D eigenvalue weighted by atomic mass is 9.81. The Kier molecular flexibility index (Phi) is 5.51. The second-order valence-electron chi connectivity index (χ2n) is 7.27. The maximum Gasteiger partial charge on any atom is 0.242 e. The largest absolute Gasteiger partial charge is 0.340 e. The predicted molar refractivity (Wildman–Crippen MR) is 92.9 cm³/mol. The van der Waals surface area contributed by atoms with Crippen molar-refractivity contribution in [3.8, 4) is 0 Å².